The van der Waals surface area contributed by atoms with Crippen molar-refractivity contribution in [2.45, 2.75) is 38.8 Å². The molecule has 168 valence electrons. The summed E-state index contributed by atoms with van der Waals surface area (Å²) in [6.45, 7) is 8.33. The van der Waals surface area contributed by atoms with E-state index in [0.29, 0.717) is 16.9 Å². The highest BCUT2D eigenvalue weighted by atomic mass is 32.2. The molecule has 4 aromatic rings. The number of thioether (sulfide) groups is 1. The summed E-state index contributed by atoms with van der Waals surface area (Å²) < 4.78 is 2.00. The van der Waals surface area contributed by atoms with E-state index in [1.807, 2.05) is 54.0 Å². The van der Waals surface area contributed by atoms with E-state index >= 15 is 0 Å². The molecule has 0 saturated carbocycles. The number of benzene rings is 2. The molecule has 4 rings (SSSR count). The van der Waals surface area contributed by atoms with Gasteiger partial charge in [0.2, 0.25) is 5.91 Å². The maximum atomic E-state index is 12.9. The molecule has 33 heavy (non-hydrogen) atoms. The summed E-state index contributed by atoms with van der Waals surface area (Å²) in [5, 5.41) is 12.6. The van der Waals surface area contributed by atoms with Gasteiger partial charge < -0.3 is 5.32 Å². The molecule has 0 saturated heterocycles. The number of carbonyl (C=O) groups excluding carboxylic acids is 1. The minimum atomic E-state index is -0.0709. The number of hydrogen-bond donors (Lipinski definition) is 1. The van der Waals surface area contributed by atoms with Gasteiger partial charge in [-0.25, -0.2) is 0 Å². The Balaban J connectivity index is 1.62. The van der Waals surface area contributed by atoms with E-state index < -0.39 is 0 Å². The lowest BCUT2D eigenvalue weighted by atomic mass is 9.98. The fourth-order valence-corrected chi connectivity index (χ4v) is 4.47. The van der Waals surface area contributed by atoms with Crippen LogP contribution in [-0.2, 0) is 4.79 Å². The lowest BCUT2D eigenvalue weighted by Gasteiger charge is -2.16. The van der Waals surface area contributed by atoms with Crippen LogP contribution in [-0.4, -0.2) is 31.4 Å². The Morgan fingerprint density at radius 1 is 1.00 bits per heavy atom. The van der Waals surface area contributed by atoms with Gasteiger partial charge in [-0.05, 0) is 54.7 Å². The van der Waals surface area contributed by atoms with E-state index in [-0.39, 0.29) is 11.7 Å². The molecule has 0 radical (unpaired) electrons. The Bertz CT molecular complexity index is 1270. The quantitative estimate of drug-likeness (QED) is 0.355. The Morgan fingerprint density at radius 3 is 2.52 bits per heavy atom. The van der Waals surface area contributed by atoms with Crippen LogP contribution in [0.4, 0.5) is 5.69 Å². The number of carbonyl (C=O) groups is 1. The molecule has 7 heteroatoms. The molecule has 0 aliphatic rings. The zero-order valence-electron chi connectivity index (χ0n) is 19.2. The van der Waals surface area contributed by atoms with Gasteiger partial charge in [0.05, 0.1) is 11.4 Å². The molecule has 2 aromatic heterocycles. The van der Waals surface area contributed by atoms with Crippen molar-refractivity contribution in [2.24, 2.45) is 0 Å². The SMILES string of the molecule is Cc1ccccc1-n1c(SCC(=O)Nc2c(C)cccc2C(C)C)nnc1-c1cccnc1. The fraction of sp³-hybridized carbons (Fsp3) is 0.231. The molecule has 0 aliphatic carbocycles. The second-order valence-electron chi connectivity index (χ2n) is 8.20. The summed E-state index contributed by atoms with van der Waals surface area (Å²) in [6, 6.07) is 18.0. The molecule has 2 aromatic carbocycles. The number of para-hydroxylation sites is 2. The van der Waals surface area contributed by atoms with E-state index in [1.165, 1.54) is 11.8 Å². The lowest BCUT2D eigenvalue weighted by molar-refractivity contribution is -0.113. The summed E-state index contributed by atoms with van der Waals surface area (Å²) in [5.41, 5.74) is 6.03. The summed E-state index contributed by atoms with van der Waals surface area (Å²) in [7, 11) is 0. The molecule has 0 aliphatic heterocycles. The molecule has 6 nitrogen and oxygen atoms in total. The number of amides is 1. The van der Waals surface area contributed by atoms with Crippen molar-refractivity contribution in [3.63, 3.8) is 0 Å². The fourth-order valence-electron chi connectivity index (χ4n) is 3.72. The van der Waals surface area contributed by atoms with E-state index in [2.05, 4.69) is 53.4 Å². The lowest BCUT2D eigenvalue weighted by Crippen LogP contribution is -2.17. The molecule has 0 spiro atoms. The summed E-state index contributed by atoms with van der Waals surface area (Å²) in [6.07, 6.45) is 3.50. The molecule has 0 atom stereocenters. The van der Waals surface area contributed by atoms with Gasteiger partial charge in [-0.3, -0.25) is 14.3 Å². The van der Waals surface area contributed by atoms with Crippen molar-refractivity contribution in [1.29, 1.82) is 0 Å². The number of pyridine rings is 1. The van der Waals surface area contributed by atoms with Gasteiger partial charge in [0.15, 0.2) is 11.0 Å². The van der Waals surface area contributed by atoms with Crippen molar-refractivity contribution in [2.75, 3.05) is 11.1 Å². The monoisotopic (exact) mass is 457 g/mol. The van der Waals surface area contributed by atoms with Crippen molar-refractivity contribution in [3.05, 3.63) is 83.7 Å². The number of aryl methyl sites for hydroxylation is 2. The Hall–Kier alpha value is -3.45. The van der Waals surface area contributed by atoms with E-state index in [0.717, 1.165) is 33.6 Å². The number of nitrogens with one attached hydrogen (secondary N) is 1. The molecule has 0 bridgehead atoms. The molecule has 0 unspecified atom stereocenters. The van der Waals surface area contributed by atoms with E-state index in [1.54, 1.807) is 12.4 Å². The molecule has 2 heterocycles. The highest BCUT2D eigenvalue weighted by molar-refractivity contribution is 7.99. The van der Waals surface area contributed by atoms with Gasteiger partial charge in [0, 0.05) is 23.6 Å². The Kier molecular flexibility index (Phi) is 6.89. The smallest absolute Gasteiger partial charge is 0.234 e. The Morgan fingerprint density at radius 2 is 1.79 bits per heavy atom. The van der Waals surface area contributed by atoms with Crippen LogP contribution in [0.5, 0.6) is 0 Å². The van der Waals surface area contributed by atoms with Crippen LogP contribution in [0.2, 0.25) is 0 Å². The first-order chi connectivity index (χ1) is 16.0. The zero-order chi connectivity index (χ0) is 23.4. The summed E-state index contributed by atoms with van der Waals surface area (Å²) in [5.74, 6) is 1.17. The third-order valence-electron chi connectivity index (χ3n) is 5.43. The number of rotatable bonds is 7. The largest absolute Gasteiger partial charge is 0.325 e. The molecule has 1 N–H and O–H groups in total. The second kappa shape index (κ2) is 10.0. The highest BCUT2D eigenvalue weighted by Gasteiger charge is 2.19. The second-order valence-corrected chi connectivity index (χ2v) is 9.14. The van der Waals surface area contributed by atoms with Gasteiger partial charge in [0.1, 0.15) is 0 Å². The first-order valence-electron chi connectivity index (χ1n) is 10.9. The third-order valence-corrected chi connectivity index (χ3v) is 6.36. The van der Waals surface area contributed by atoms with E-state index in [9.17, 15) is 4.79 Å². The van der Waals surface area contributed by atoms with Gasteiger partial charge >= 0.3 is 0 Å². The maximum absolute atomic E-state index is 12.9. The van der Waals surface area contributed by atoms with Crippen molar-refractivity contribution < 1.29 is 4.79 Å². The van der Waals surface area contributed by atoms with Crippen LogP contribution in [0.1, 0.15) is 36.5 Å². The molecular weight excluding hydrogens is 430 g/mol. The van der Waals surface area contributed by atoms with Crippen molar-refractivity contribution in [1.82, 2.24) is 19.7 Å². The highest BCUT2D eigenvalue weighted by Crippen LogP contribution is 2.30. The normalized spacial score (nSPS) is 11.1. The van der Waals surface area contributed by atoms with Crippen LogP contribution >= 0.6 is 11.8 Å². The minimum absolute atomic E-state index is 0.0709. The van der Waals surface area contributed by atoms with Crippen LogP contribution in [0.3, 0.4) is 0 Å². The van der Waals surface area contributed by atoms with Gasteiger partial charge in [-0.15, -0.1) is 10.2 Å². The van der Waals surface area contributed by atoms with E-state index in [4.69, 9.17) is 0 Å². The predicted octanol–water partition coefficient (Wildman–Crippen LogP) is 5.80. The molecule has 0 fully saturated rings. The number of aromatic nitrogens is 4. The summed E-state index contributed by atoms with van der Waals surface area (Å²) in [4.78, 5) is 17.1. The summed E-state index contributed by atoms with van der Waals surface area (Å²) >= 11 is 1.37. The third kappa shape index (κ3) is 4.98. The average Bonchev–Trinajstić information content (AvgIpc) is 3.23. The van der Waals surface area contributed by atoms with Crippen molar-refractivity contribution in [3.8, 4) is 17.1 Å². The maximum Gasteiger partial charge on any atom is 0.234 e. The number of nitrogens with zero attached hydrogens (tertiary/aromatic N) is 4. The first kappa shape index (κ1) is 22.7. The van der Waals surface area contributed by atoms with Gasteiger partial charge in [-0.1, -0.05) is 62.0 Å². The van der Waals surface area contributed by atoms with Crippen LogP contribution < -0.4 is 5.32 Å². The van der Waals surface area contributed by atoms with Crippen molar-refractivity contribution >= 4 is 23.4 Å². The first-order valence-corrected chi connectivity index (χ1v) is 11.9. The molecule has 1 amide bonds. The van der Waals surface area contributed by atoms with Gasteiger partial charge in [-0.2, -0.15) is 0 Å². The Labute approximate surface area is 198 Å². The van der Waals surface area contributed by atoms with Crippen LogP contribution in [0, 0.1) is 13.8 Å². The minimum Gasteiger partial charge on any atom is -0.325 e. The average molecular weight is 458 g/mol. The standard InChI is InChI=1S/C26H27N5OS/c1-17(2)21-12-7-10-19(4)24(21)28-23(32)16-33-26-30-29-25(20-11-8-14-27-15-20)31(26)22-13-6-5-9-18(22)3/h5-15,17H,16H2,1-4H3,(H,28,32). The van der Waals surface area contributed by atoms with Gasteiger partial charge in [0.25, 0.3) is 0 Å². The predicted molar refractivity (Wildman–Crippen MR) is 134 cm³/mol. The topological polar surface area (TPSA) is 72.7 Å². The number of hydrogen-bond acceptors (Lipinski definition) is 5. The number of anilines is 1. The molecular formula is C26H27N5OS. The van der Waals surface area contributed by atoms with Crippen LogP contribution in [0.25, 0.3) is 17.1 Å². The zero-order valence-corrected chi connectivity index (χ0v) is 20.1. The van der Waals surface area contributed by atoms with Crippen LogP contribution in [0.15, 0.2) is 72.1 Å².